The van der Waals surface area contributed by atoms with Crippen LogP contribution in [0.5, 0.6) is 0 Å². The molecule has 1 aliphatic heterocycles. The summed E-state index contributed by atoms with van der Waals surface area (Å²) < 4.78 is 0. The van der Waals surface area contributed by atoms with E-state index in [1.54, 1.807) is 11.3 Å². The van der Waals surface area contributed by atoms with Gasteiger partial charge in [-0.3, -0.25) is 9.59 Å². The van der Waals surface area contributed by atoms with Crippen molar-refractivity contribution in [3.63, 3.8) is 0 Å². The number of piperidine rings is 1. The molecule has 6 heteroatoms. The van der Waals surface area contributed by atoms with E-state index in [1.165, 1.54) is 5.56 Å². The Bertz CT molecular complexity index is 1010. The van der Waals surface area contributed by atoms with E-state index in [2.05, 4.69) is 39.9 Å². The van der Waals surface area contributed by atoms with Crippen molar-refractivity contribution in [1.29, 1.82) is 0 Å². The lowest BCUT2D eigenvalue weighted by atomic mass is 9.95. The molecule has 1 fully saturated rings. The Balaban J connectivity index is 1.16. The number of hydrogen-bond donors (Lipinski definition) is 1. The smallest absolute Gasteiger partial charge is 0.223 e. The van der Waals surface area contributed by atoms with Gasteiger partial charge in [0.15, 0.2) is 0 Å². The first-order valence-electron chi connectivity index (χ1n) is 11.3. The molecular weight excluding hydrogens is 418 g/mol. The number of hydrogen-bond acceptors (Lipinski definition) is 4. The van der Waals surface area contributed by atoms with Gasteiger partial charge in [0.1, 0.15) is 5.01 Å². The van der Waals surface area contributed by atoms with Crippen molar-refractivity contribution in [2.75, 3.05) is 19.6 Å². The van der Waals surface area contributed by atoms with Crippen LogP contribution in [0.3, 0.4) is 0 Å². The van der Waals surface area contributed by atoms with Gasteiger partial charge in [0, 0.05) is 49.3 Å². The summed E-state index contributed by atoms with van der Waals surface area (Å²) in [6.45, 7) is 1.92. The average molecular weight is 448 g/mol. The number of amides is 2. The van der Waals surface area contributed by atoms with Crippen molar-refractivity contribution in [2.45, 2.75) is 32.1 Å². The molecule has 166 valence electrons. The SMILES string of the molecule is O=C(NCCc1csc(-c2ccccc2)n1)C1CCN(C(=O)CCc2ccccc2)CC1. The summed E-state index contributed by atoms with van der Waals surface area (Å²) in [6, 6.07) is 20.2. The number of aryl methyl sites for hydroxylation is 1. The summed E-state index contributed by atoms with van der Waals surface area (Å²) in [5.41, 5.74) is 3.32. The fourth-order valence-corrected chi connectivity index (χ4v) is 4.90. The number of likely N-dealkylation sites (tertiary alicyclic amines) is 1. The van der Waals surface area contributed by atoms with Crippen LogP contribution in [0.2, 0.25) is 0 Å². The molecule has 0 saturated carbocycles. The van der Waals surface area contributed by atoms with Crippen LogP contribution < -0.4 is 5.32 Å². The predicted octanol–water partition coefficient (Wildman–Crippen LogP) is 4.34. The van der Waals surface area contributed by atoms with Gasteiger partial charge in [0.2, 0.25) is 11.8 Å². The topological polar surface area (TPSA) is 62.3 Å². The van der Waals surface area contributed by atoms with Gasteiger partial charge in [-0.1, -0.05) is 60.7 Å². The Morgan fingerprint density at radius 1 is 0.969 bits per heavy atom. The number of nitrogens with one attached hydrogen (secondary N) is 1. The van der Waals surface area contributed by atoms with E-state index in [4.69, 9.17) is 0 Å². The van der Waals surface area contributed by atoms with Gasteiger partial charge >= 0.3 is 0 Å². The summed E-state index contributed by atoms with van der Waals surface area (Å²) in [6.07, 6.45) is 3.49. The van der Waals surface area contributed by atoms with Crippen molar-refractivity contribution in [2.24, 2.45) is 5.92 Å². The van der Waals surface area contributed by atoms with Crippen molar-refractivity contribution < 1.29 is 9.59 Å². The first kappa shape index (κ1) is 22.2. The van der Waals surface area contributed by atoms with Crippen molar-refractivity contribution in [1.82, 2.24) is 15.2 Å². The minimum atomic E-state index is -0.0107. The highest BCUT2D eigenvalue weighted by Gasteiger charge is 2.26. The van der Waals surface area contributed by atoms with Crippen LogP contribution in [0, 0.1) is 5.92 Å². The zero-order chi connectivity index (χ0) is 22.2. The summed E-state index contributed by atoms with van der Waals surface area (Å²) in [5, 5.41) is 6.14. The normalized spacial score (nSPS) is 14.3. The van der Waals surface area contributed by atoms with Crippen molar-refractivity contribution >= 4 is 23.2 Å². The van der Waals surface area contributed by atoms with E-state index in [0.29, 0.717) is 26.1 Å². The molecule has 0 unspecified atom stereocenters. The third-order valence-corrected chi connectivity index (χ3v) is 6.88. The molecule has 0 spiro atoms. The molecule has 2 aromatic carbocycles. The van der Waals surface area contributed by atoms with Gasteiger partial charge < -0.3 is 10.2 Å². The number of aromatic nitrogens is 1. The lowest BCUT2D eigenvalue weighted by Crippen LogP contribution is -2.43. The maximum atomic E-state index is 12.6. The number of nitrogens with zero attached hydrogens (tertiary/aromatic N) is 2. The highest BCUT2D eigenvalue weighted by Crippen LogP contribution is 2.23. The van der Waals surface area contributed by atoms with Crippen LogP contribution in [0.1, 0.15) is 30.5 Å². The maximum Gasteiger partial charge on any atom is 0.223 e. The molecule has 32 heavy (non-hydrogen) atoms. The fraction of sp³-hybridized carbons (Fsp3) is 0.346. The van der Waals surface area contributed by atoms with Gasteiger partial charge in [0.25, 0.3) is 0 Å². The molecule has 3 aromatic rings. The Morgan fingerprint density at radius 2 is 1.66 bits per heavy atom. The van der Waals surface area contributed by atoms with Crippen LogP contribution in [0.15, 0.2) is 66.0 Å². The van der Waals surface area contributed by atoms with E-state index >= 15 is 0 Å². The third-order valence-electron chi connectivity index (χ3n) is 5.94. The van der Waals surface area contributed by atoms with E-state index in [9.17, 15) is 9.59 Å². The second kappa shape index (κ2) is 11.0. The summed E-state index contributed by atoms with van der Waals surface area (Å²) in [4.78, 5) is 31.7. The second-order valence-corrected chi connectivity index (χ2v) is 9.05. The zero-order valence-electron chi connectivity index (χ0n) is 18.2. The number of benzene rings is 2. The van der Waals surface area contributed by atoms with Gasteiger partial charge in [-0.15, -0.1) is 11.3 Å². The van der Waals surface area contributed by atoms with Gasteiger partial charge in [-0.2, -0.15) is 0 Å². The number of carbonyl (C=O) groups is 2. The summed E-state index contributed by atoms with van der Waals surface area (Å²) in [7, 11) is 0. The lowest BCUT2D eigenvalue weighted by Gasteiger charge is -2.31. The van der Waals surface area contributed by atoms with Crippen molar-refractivity contribution in [3.8, 4) is 10.6 Å². The molecule has 0 bridgehead atoms. The Labute approximate surface area is 193 Å². The Morgan fingerprint density at radius 3 is 2.38 bits per heavy atom. The van der Waals surface area contributed by atoms with Crippen molar-refractivity contribution in [3.05, 3.63) is 77.3 Å². The molecule has 1 aromatic heterocycles. The number of carbonyl (C=O) groups excluding carboxylic acids is 2. The fourth-order valence-electron chi connectivity index (χ4n) is 4.04. The summed E-state index contributed by atoms with van der Waals surface area (Å²) in [5.74, 6) is 0.272. The first-order valence-corrected chi connectivity index (χ1v) is 12.2. The van der Waals surface area contributed by atoms with Crippen LogP contribution in [0.4, 0.5) is 0 Å². The Kier molecular flexibility index (Phi) is 7.67. The van der Waals surface area contributed by atoms with Crippen LogP contribution in [-0.4, -0.2) is 41.3 Å². The molecule has 2 amide bonds. The average Bonchev–Trinajstić information content (AvgIpc) is 3.33. The molecule has 5 nitrogen and oxygen atoms in total. The third kappa shape index (κ3) is 6.04. The highest BCUT2D eigenvalue weighted by molar-refractivity contribution is 7.13. The molecule has 0 atom stereocenters. The Hall–Kier alpha value is -2.99. The minimum absolute atomic E-state index is 0.0107. The molecular formula is C26H29N3O2S. The number of thiazole rings is 1. The van der Waals surface area contributed by atoms with Gasteiger partial charge in [-0.05, 0) is 24.8 Å². The largest absolute Gasteiger partial charge is 0.355 e. The zero-order valence-corrected chi connectivity index (χ0v) is 19.0. The van der Waals surface area contributed by atoms with Gasteiger partial charge in [0.05, 0.1) is 5.69 Å². The molecule has 2 heterocycles. The lowest BCUT2D eigenvalue weighted by molar-refractivity contribution is -0.135. The molecule has 1 N–H and O–H groups in total. The molecule has 4 rings (SSSR count). The van der Waals surface area contributed by atoms with Crippen LogP contribution in [-0.2, 0) is 22.4 Å². The standard InChI is InChI=1S/C26H29N3O2S/c30-24(12-11-20-7-3-1-4-8-20)29-17-14-21(15-18-29)25(31)27-16-13-23-19-32-26(28-23)22-9-5-2-6-10-22/h1-10,19,21H,11-18H2,(H,27,31). The predicted molar refractivity (Wildman–Crippen MR) is 128 cm³/mol. The van der Waals surface area contributed by atoms with Crippen LogP contribution >= 0.6 is 11.3 Å². The monoisotopic (exact) mass is 447 g/mol. The van der Waals surface area contributed by atoms with E-state index in [-0.39, 0.29) is 17.7 Å². The molecule has 1 aliphatic rings. The molecule has 0 aliphatic carbocycles. The highest BCUT2D eigenvalue weighted by atomic mass is 32.1. The molecule has 1 saturated heterocycles. The van der Waals surface area contributed by atoms with E-state index < -0.39 is 0 Å². The van der Waals surface area contributed by atoms with E-state index in [1.807, 2.05) is 41.3 Å². The van der Waals surface area contributed by atoms with E-state index in [0.717, 1.165) is 41.9 Å². The second-order valence-electron chi connectivity index (χ2n) is 8.19. The van der Waals surface area contributed by atoms with Gasteiger partial charge in [-0.25, -0.2) is 4.98 Å². The minimum Gasteiger partial charge on any atom is -0.355 e. The number of rotatable bonds is 8. The quantitative estimate of drug-likeness (QED) is 0.559. The van der Waals surface area contributed by atoms with Crippen LogP contribution in [0.25, 0.3) is 10.6 Å². The molecule has 0 radical (unpaired) electrons. The summed E-state index contributed by atoms with van der Waals surface area (Å²) >= 11 is 1.63. The maximum absolute atomic E-state index is 12.6. The first-order chi connectivity index (χ1) is 15.7.